The topological polar surface area (TPSA) is 76.2 Å². The lowest BCUT2D eigenvalue weighted by atomic mass is 9.74. The molecule has 0 bridgehead atoms. The van der Waals surface area contributed by atoms with Crippen LogP contribution in [0.25, 0.3) is 11.3 Å². The molecule has 1 aliphatic heterocycles. The quantitative estimate of drug-likeness (QED) is 0.554. The smallest absolute Gasteiger partial charge is 0.224 e. The van der Waals surface area contributed by atoms with Gasteiger partial charge >= 0.3 is 0 Å². The number of H-pyrrole nitrogens is 1. The Balaban J connectivity index is 1.49. The normalized spacial score (nSPS) is 15.3. The van der Waals surface area contributed by atoms with Crippen molar-refractivity contribution in [2.75, 3.05) is 26.9 Å². The summed E-state index contributed by atoms with van der Waals surface area (Å²) in [6, 6.07) is 15.6. The molecule has 0 atom stereocenters. The molecule has 1 amide bonds. The third-order valence-corrected chi connectivity index (χ3v) is 6.56. The van der Waals surface area contributed by atoms with E-state index in [1.807, 2.05) is 43.3 Å². The van der Waals surface area contributed by atoms with Crippen molar-refractivity contribution in [3.63, 3.8) is 0 Å². The van der Waals surface area contributed by atoms with Crippen molar-refractivity contribution < 1.29 is 14.3 Å². The number of hydrogen-bond donors (Lipinski definition) is 2. The monoisotopic (exact) mass is 453 g/mol. The zero-order valence-corrected chi connectivity index (χ0v) is 19.2. The first-order chi connectivity index (χ1) is 15.5. The van der Waals surface area contributed by atoms with Crippen molar-refractivity contribution in [2.24, 2.45) is 0 Å². The van der Waals surface area contributed by atoms with Gasteiger partial charge in [-0.3, -0.25) is 9.89 Å². The van der Waals surface area contributed by atoms with Crippen molar-refractivity contribution in [1.82, 2.24) is 15.5 Å². The average molecular weight is 454 g/mol. The number of nitrogens with zero attached hydrogens (tertiary/aromatic N) is 1. The molecular formula is C25H28ClN3O3. The molecule has 2 N–H and O–H groups in total. The minimum atomic E-state index is -0.148. The second-order valence-corrected chi connectivity index (χ2v) is 8.69. The summed E-state index contributed by atoms with van der Waals surface area (Å²) in [5.41, 5.74) is 4.55. The van der Waals surface area contributed by atoms with Crippen LogP contribution < -0.4 is 10.1 Å². The van der Waals surface area contributed by atoms with E-state index >= 15 is 0 Å². The van der Waals surface area contributed by atoms with E-state index in [4.69, 9.17) is 21.1 Å². The molecule has 0 spiro atoms. The minimum Gasteiger partial charge on any atom is -0.497 e. The summed E-state index contributed by atoms with van der Waals surface area (Å²) in [4.78, 5) is 13.0. The lowest BCUT2D eigenvalue weighted by Crippen LogP contribution is -2.45. The van der Waals surface area contributed by atoms with Crippen LogP contribution in [-0.2, 0) is 21.4 Å². The molecule has 2 heterocycles. The van der Waals surface area contributed by atoms with E-state index in [0.29, 0.717) is 24.8 Å². The van der Waals surface area contributed by atoms with Gasteiger partial charge in [0.05, 0.1) is 19.2 Å². The van der Waals surface area contributed by atoms with Gasteiger partial charge < -0.3 is 14.8 Å². The molecule has 0 aliphatic carbocycles. The van der Waals surface area contributed by atoms with Gasteiger partial charge in [-0.1, -0.05) is 35.9 Å². The van der Waals surface area contributed by atoms with E-state index < -0.39 is 0 Å². The zero-order valence-electron chi connectivity index (χ0n) is 18.4. The Morgan fingerprint density at radius 1 is 1.16 bits per heavy atom. The Labute approximate surface area is 193 Å². The Morgan fingerprint density at radius 2 is 1.84 bits per heavy atom. The predicted octanol–water partition coefficient (Wildman–Crippen LogP) is 4.45. The molecule has 4 rings (SSSR count). The number of carbonyl (C=O) groups is 1. The van der Waals surface area contributed by atoms with Gasteiger partial charge in [-0.2, -0.15) is 5.10 Å². The highest BCUT2D eigenvalue weighted by Crippen LogP contribution is 2.35. The Bertz CT molecular complexity index is 1060. The van der Waals surface area contributed by atoms with Gasteiger partial charge in [-0.15, -0.1) is 0 Å². The third kappa shape index (κ3) is 4.81. The summed E-state index contributed by atoms with van der Waals surface area (Å²) in [5.74, 6) is 0.800. The molecule has 0 saturated carbocycles. The number of nitrogens with one attached hydrogen (secondary N) is 2. The van der Waals surface area contributed by atoms with E-state index in [1.165, 1.54) is 5.56 Å². The molecule has 1 fully saturated rings. The summed E-state index contributed by atoms with van der Waals surface area (Å²) < 4.78 is 10.9. The number of methoxy groups -OCH3 is 1. The molecule has 3 aromatic rings. The van der Waals surface area contributed by atoms with Crippen LogP contribution >= 0.6 is 11.6 Å². The van der Waals surface area contributed by atoms with Gasteiger partial charge in [0.25, 0.3) is 0 Å². The maximum Gasteiger partial charge on any atom is 0.224 e. The van der Waals surface area contributed by atoms with Crippen LogP contribution in [0.1, 0.15) is 29.7 Å². The molecule has 1 saturated heterocycles. The number of carbonyl (C=O) groups excluding carboxylic acids is 1. The largest absolute Gasteiger partial charge is 0.497 e. The first-order valence-electron chi connectivity index (χ1n) is 10.8. The van der Waals surface area contributed by atoms with E-state index in [0.717, 1.165) is 41.1 Å². The zero-order chi connectivity index (χ0) is 22.6. The fraction of sp³-hybridized carbons (Fsp3) is 0.360. The van der Waals surface area contributed by atoms with Crippen molar-refractivity contribution in [3.8, 4) is 17.0 Å². The molecule has 168 valence electrons. The maximum atomic E-state index is 13.0. The van der Waals surface area contributed by atoms with Crippen LogP contribution in [0.2, 0.25) is 5.02 Å². The van der Waals surface area contributed by atoms with Gasteiger partial charge in [0, 0.05) is 47.0 Å². The molecule has 2 aromatic carbocycles. The highest BCUT2D eigenvalue weighted by Gasteiger charge is 2.35. The van der Waals surface area contributed by atoms with Crippen LogP contribution in [0.15, 0.2) is 48.5 Å². The molecular weight excluding hydrogens is 426 g/mol. The summed E-state index contributed by atoms with van der Waals surface area (Å²) in [6.45, 7) is 3.87. The van der Waals surface area contributed by atoms with Gasteiger partial charge in [0.15, 0.2) is 0 Å². The summed E-state index contributed by atoms with van der Waals surface area (Å²) in [5, 5.41) is 11.3. The SMILES string of the molecule is COc1ccc(C2(CNC(=O)Cc3c(-c4ccc(Cl)cc4)n[nH]c3C)CCOCC2)cc1. The van der Waals surface area contributed by atoms with Crippen LogP contribution in [0.4, 0.5) is 0 Å². The minimum absolute atomic E-state index is 0.0240. The average Bonchev–Trinajstić information content (AvgIpc) is 3.19. The van der Waals surface area contributed by atoms with E-state index in [2.05, 4.69) is 27.6 Å². The number of aromatic amines is 1. The van der Waals surface area contributed by atoms with Crippen molar-refractivity contribution in [2.45, 2.75) is 31.6 Å². The van der Waals surface area contributed by atoms with Crippen LogP contribution in [0.5, 0.6) is 5.75 Å². The fourth-order valence-corrected chi connectivity index (χ4v) is 4.41. The van der Waals surface area contributed by atoms with Crippen molar-refractivity contribution >= 4 is 17.5 Å². The fourth-order valence-electron chi connectivity index (χ4n) is 4.28. The molecule has 0 unspecified atom stereocenters. The maximum absolute atomic E-state index is 13.0. The summed E-state index contributed by atoms with van der Waals surface area (Å²) >= 11 is 6.02. The number of rotatable bonds is 7. The molecule has 1 aliphatic rings. The predicted molar refractivity (Wildman–Crippen MR) is 125 cm³/mol. The number of halogens is 1. The number of benzene rings is 2. The van der Waals surface area contributed by atoms with Gasteiger partial charge in [0.1, 0.15) is 5.75 Å². The second kappa shape index (κ2) is 9.76. The highest BCUT2D eigenvalue weighted by atomic mass is 35.5. The first-order valence-corrected chi connectivity index (χ1v) is 11.2. The third-order valence-electron chi connectivity index (χ3n) is 6.31. The Morgan fingerprint density at radius 3 is 2.50 bits per heavy atom. The van der Waals surface area contributed by atoms with Crippen molar-refractivity contribution in [1.29, 1.82) is 0 Å². The Hall–Kier alpha value is -2.83. The van der Waals surface area contributed by atoms with Crippen LogP contribution in [-0.4, -0.2) is 43.0 Å². The molecule has 1 aromatic heterocycles. The van der Waals surface area contributed by atoms with Gasteiger partial charge in [0.2, 0.25) is 5.91 Å². The van der Waals surface area contributed by atoms with E-state index in [9.17, 15) is 4.79 Å². The van der Waals surface area contributed by atoms with Crippen LogP contribution in [0, 0.1) is 6.92 Å². The number of ether oxygens (including phenoxy) is 2. The van der Waals surface area contributed by atoms with Crippen LogP contribution in [0.3, 0.4) is 0 Å². The molecule has 6 nitrogen and oxygen atoms in total. The number of hydrogen-bond acceptors (Lipinski definition) is 4. The van der Waals surface area contributed by atoms with Gasteiger partial charge in [-0.05, 0) is 49.6 Å². The summed E-state index contributed by atoms with van der Waals surface area (Å²) in [6.07, 6.45) is 1.98. The molecule has 7 heteroatoms. The first kappa shape index (κ1) is 22.4. The Kier molecular flexibility index (Phi) is 6.82. The lowest BCUT2D eigenvalue weighted by Gasteiger charge is -2.38. The standard InChI is InChI=1S/C25H28ClN3O3/c1-17-22(24(29-28-17)18-3-7-20(26)8-4-18)15-23(30)27-16-25(11-13-32-14-12-25)19-5-9-21(31-2)10-6-19/h3-10H,11-16H2,1-2H3,(H,27,30)(H,28,29). The van der Waals surface area contributed by atoms with E-state index in [1.54, 1.807) is 7.11 Å². The number of amides is 1. The number of aromatic nitrogens is 2. The van der Waals surface area contributed by atoms with E-state index in [-0.39, 0.29) is 17.7 Å². The van der Waals surface area contributed by atoms with Gasteiger partial charge in [-0.25, -0.2) is 0 Å². The molecule has 32 heavy (non-hydrogen) atoms. The molecule has 0 radical (unpaired) electrons. The number of aryl methyl sites for hydroxylation is 1. The lowest BCUT2D eigenvalue weighted by molar-refractivity contribution is -0.121. The summed E-state index contributed by atoms with van der Waals surface area (Å²) in [7, 11) is 1.66. The second-order valence-electron chi connectivity index (χ2n) is 8.26. The van der Waals surface area contributed by atoms with Crippen molar-refractivity contribution in [3.05, 3.63) is 70.4 Å². The highest BCUT2D eigenvalue weighted by molar-refractivity contribution is 6.30.